The first-order valence-electron chi connectivity index (χ1n) is 7.07. The lowest BCUT2D eigenvalue weighted by atomic mass is 10.0. The summed E-state index contributed by atoms with van der Waals surface area (Å²) in [5.41, 5.74) is 1.09. The van der Waals surface area contributed by atoms with Crippen molar-refractivity contribution in [2.45, 2.75) is 46.3 Å². The Labute approximate surface area is 117 Å². The Kier molecular flexibility index (Phi) is 6.10. The average molecular weight is 262 g/mol. The van der Waals surface area contributed by atoms with Crippen LogP contribution in [-0.2, 0) is 4.74 Å². The van der Waals surface area contributed by atoms with E-state index < -0.39 is 5.79 Å². The molecule has 1 atom stereocenters. The van der Waals surface area contributed by atoms with Gasteiger partial charge in [0.15, 0.2) is 0 Å². The van der Waals surface area contributed by atoms with E-state index in [0.717, 1.165) is 30.8 Å². The van der Waals surface area contributed by atoms with Crippen molar-refractivity contribution >= 4 is 6.08 Å². The van der Waals surface area contributed by atoms with Crippen LogP contribution in [0, 0.1) is 5.92 Å². The number of rotatable bonds is 8. The summed E-state index contributed by atoms with van der Waals surface area (Å²) in [5, 5.41) is 0. The van der Waals surface area contributed by atoms with E-state index in [4.69, 9.17) is 9.47 Å². The third kappa shape index (κ3) is 4.71. The van der Waals surface area contributed by atoms with Gasteiger partial charge >= 0.3 is 0 Å². The zero-order chi connectivity index (χ0) is 14.3. The molecule has 0 fully saturated rings. The molecule has 0 aromatic heterocycles. The van der Waals surface area contributed by atoms with Crippen LogP contribution in [-0.4, -0.2) is 12.4 Å². The van der Waals surface area contributed by atoms with Gasteiger partial charge in [-0.15, -0.1) is 0 Å². The van der Waals surface area contributed by atoms with Crippen LogP contribution in [0.5, 0.6) is 5.75 Å². The van der Waals surface area contributed by atoms with Crippen LogP contribution in [0.15, 0.2) is 30.8 Å². The molecule has 1 rings (SSSR count). The van der Waals surface area contributed by atoms with Gasteiger partial charge in [-0.05, 0) is 24.1 Å². The molecule has 0 bridgehead atoms. The Morgan fingerprint density at radius 3 is 2.37 bits per heavy atom. The number of benzene rings is 1. The van der Waals surface area contributed by atoms with Gasteiger partial charge in [-0.1, -0.05) is 52.0 Å². The van der Waals surface area contributed by atoms with Gasteiger partial charge in [-0.25, -0.2) is 0 Å². The quantitative estimate of drug-likeness (QED) is 0.490. The summed E-state index contributed by atoms with van der Waals surface area (Å²) in [7, 11) is 0. The molecular weight excluding hydrogens is 236 g/mol. The highest BCUT2D eigenvalue weighted by Crippen LogP contribution is 2.27. The van der Waals surface area contributed by atoms with Crippen LogP contribution in [0.4, 0.5) is 0 Å². The van der Waals surface area contributed by atoms with E-state index in [2.05, 4.69) is 27.4 Å². The summed E-state index contributed by atoms with van der Waals surface area (Å²) in [6.45, 7) is 12.9. The van der Waals surface area contributed by atoms with Crippen molar-refractivity contribution < 1.29 is 9.47 Å². The summed E-state index contributed by atoms with van der Waals surface area (Å²) in [6, 6.07) is 7.91. The normalized spacial score (nSPS) is 14.2. The predicted molar refractivity (Wildman–Crippen MR) is 81.3 cm³/mol. The molecule has 0 aliphatic rings. The highest BCUT2D eigenvalue weighted by atomic mass is 16.7. The molecule has 0 radical (unpaired) electrons. The molecule has 0 aliphatic heterocycles. The highest BCUT2D eigenvalue weighted by molar-refractivity contribution is 5.48. The molecular formula is C17H26O2. The van der Waals surface area contributed by atoms with Gasteiger partial charge in [0.25, 0.3) is 0 Å². The Bertz CT molecular complexity index is 381. The van der Waals surface area contributed by atoms with Crippen molar-refractivity contribution in [3.8, 4) is 5.75 Å². The molecule has 19 heavy (non-hydrogen) atoms. The first kappa shape index (κ1) is 15.8. The molecule has 0 spiro atoms. The minimum atomic E-state index is -0.579. The van der Waals surface area contributed by atoms with E-state index >= 15 is 0 Å². The van der Waals surface area contributed by atoms with Crippen LogP contribution >= 0.6 is 0 Å². The largest absolute Gasteiger partial charge is 0.462 e. The molecule has 2 heteroatoms. The molecule has 1 aromatic rings. The molecule has 0 saturated heterocycles. The molecule has 0 saturated carbocycles. The smallest absolute Gasteiger partial charge is 0.209 e. The fourth-order valence-electron chi connectivity index (χ4n) is 1.64. The van der Waals surface area contributed by atoms with E-state index in [1.54, 1.807) is 0 Å². The monoisotopic (exact) mass is 262 g/mol. The Balaban J connectivity index is 2.73. The lowest BCUT2D eigenvalue weighted by molar-refractivity contribution is -0.198. The molecule has 0 heterocycles. The second-order valence-electron chi connectivity index (χ2n) is 5.25. The maximum atomic E-state index is 6.05. The average Bonchev–Trinajstić information content (AvgIpc) is 2.40. The third-order valence-corrected chi connectivity index (χ3v) is 3.37. The van der Waals surface area contributed by atoms with Gasteiger partial charge in [0.2, 0.25) is 5.79 Å². The van der Waals surface area contributed by atoms with E-state index in [1.165, 1.54) is 0 Å². The lowest BCUT2D eigenvalue weighted by Crippen LogP contribution is -2.41. The van der Waals surface area contributed by atoms with Gasteiger partial charge in [-0.2, -0.15) is 0 Å². The third-order valence-electron chi connectivity index (χ3n) is 3.37. The van der Waals surface area contributed by atoms with Crippen LogP contribution in [0.25, 0.3) is 6.08 Å². The second-order valence-corrected chi connectivity index (χ2v) is 5.25. The van der Waals surface area contributed by atoms with Gasteiger partial charge in [-0.3, -0.25) is 0 Å². The van der Waals surface area contributed by atoms with E-state index in [-0.39, 0.29) is 5.92 Å². The zero-order valence-electron chi connectivity index (χ0n) is 12.6. The van der Waals surface area contributed by atoms with Crippen LogP contribution in [0.2, 0.25) is 0 Å². The van der Waals surface area contributed by atoms with Crippen molar-refractivity contribution in [3.05, 3.63) is 36.4 Å². The van der Waals surface area contributed by atoms with Gasteiger partial charge in [0.1, 0.15) is 5.75 Å². The molecule has 0 N–H and O–H groups in total. The number of hydrogen-bond donors (Lipinski definition) is 0. The lowest BCUT2D eigenvalue weighted by Gasteiger charge is -2.34. The summed E-state index contributed by atoms with van der Waals surface area (Å²) in [5.74, 6) is 0.534. The summed E-state index contributed by atoms with van der Waals surface area (Å²) >= 11 is 0. The van der Waals surface area contributed by atoms with Crippen molar-refractivity contribution in [2.24, 2.45) is 5.92 Å². The van der Waals surface area contributed by atoms with E-state index in [0.29, 0.717) is 0 Å². The molecule has 1 unspecified atom stereocenters. The maximum Gasteiger partial charge on any atom is 0.209 e. The number of hydrogen-bond acceptors (Lipinski definition) is 2. The summed E-state index contributed by atoms with van der Waals surface area (Å²) in [6.07, 6.45) is 4.01. The topological polar surface area (TPSA) is 18.5 Å². The number of ether oxygens (including phenoxy) is 2. The van der Waals surface area contributed by atoms with Crippen molar-refractivity contribution in [1.82, 2.24) is 0 Å². The fourth-order valence-corrected chi connectivity index (χ4v) is 1.64. The highest BCUT2D eigenvalue weighted by Gasteiger charge is 2.31. The Hall–Kier alpha value is -1.28. The van der Waals surface area contributed by atoms with Gasteiger partial charge in [0.05, 0.1) is 6.61 Å². The number of unbranched alkanes of at least 4 members (excludes halogenated alkanes) is 1. The minimum Gasteiger partial charge on any atom is -0.462 e. The van der Waals surface area contributed by atoms with Crippen molar-refractivity contribution in [1.29, 1.82) is 0 Å². The Morgan fingerprint density at radius 2 is 1.89 bits per heavy atom. The van der Waals surface area contributed by atoms with Crippen LogP contribution in [0.3, 0.4) is 0 Å². The fraction of sp³-hybridized carbons (Fsp3) is 0.529. The first-order valence-corrected chi connectivity index (χ1v) is 7.07. The molecule has 2 nitrogen and oxygen atoms in total. The molecule has 0 aliphatic carbocycles. The van der Waals surface area contributed by atoms with Gasteiger partial charge < -0.3 is 9.47 Å². The van der Waals surface area contributed by atoms with Gasteiger partial charge in [0, 0.05) is 12.8 Å². The van der Waals surface area contributed by atoms with Crippen molar-refractivity contribution in [3.63, 3.8) is 0 Å². The standard InChI is InChI=1S/C17H26O2/c1-6-8-13-18-17(5,14(3)4)19-16-11-9-15(7-2)10-12-16/h7,9-12,14H,2,6,8,13H2,1,3-5H3. The second kappa shape index (κ2) is 7.34. The first-order chi connectivity index (χ1) is 9.01. The minimum absolute atomic E-state index is 0.281. The SMILES string of the molecule is C=Cc1ccc(OC(C)(OCCCC)C(C)C)cc1. The maximum absolute atomic E-state index is 6.05. The summed E-state index contributed by atoms with van der Waals surface area (Å²) < 4.78 is 12.0. The Morgan fingerprint density at radius 1 is 1.26 bits per heavy atom. The molecule has 1 aromatic carbocycles. The predicted octanol–water partition coefficient (Wildman–Crippen LogP) is 4.90. The molecule has 106 valence electrons. The summed E-state index contributed by atoms with van der Waals surface area (Å²) in [4.78, 5) is 0. The van der Waals surface area contributed by atoms with Crippen LogP contribution in [0.1, 0.15) is 46.1 Å². The van der Waals surface area contributed by atoms with E-state index in [1.807, 2.05) is 37.3 Å². The van der Waals surface area contributed by atoms with E-state index in [9.17, 15) is 0 Å². The van der Waals surface area contributed by atoms with Crippen molar-refractivity contribution in [2.75, 3.05) is 6.61 Å². The zero-order valence-corrected chi connectivity index (χ0v) is 12.6. The van der Waals surface area contributed by atoms with Crippen LogP contribution < -0.4 is 4.74 Å². The molecule has 0 amide bonds.